The van der Waals surface area contributed by atoms with E-state index in [1.54, 1.807) is 18.3 Å². The highest BCUT2D eigenvalue weighted by atomic mass is 16.5. The first-order valence-electron chi connectivity index (χ1n) is 7.33. The molecular formula is C14H24N4O2. The molecule has 2 heterocycles. The molecule has 6 nitrogen and oxygen atoms in total. The lowest BCUT2D eigenvalue weighted by atomic mass is 9.94. The lowest BCUT2D eigenvalue weighted by Crippen LogP contribution is -2.49. The van der Waals surface area contributed by atoms with Gasteiger partial charge in [0.25, 0.3) is 5.91 Å². The number of carbonyl (C=O) groups excluding carboxylic acids is 1. The predicted octanol–water partition coefficient (Wildman–Crippen LogP) is 1.61. The summed E-state index contributed by atoms with van der Waals surface area (Å²) in [4.78, 5) is 14.3. The second kappa shape index (κ2) is 6.35. The first-order chi connectivity index (χ1) is 9.57. The second-order valence-corrected chi connectivity index (χ2v) is 5.64. The van der Waals surface area contributed by atoms with Crippen molar-refractivity contribution >= 4 is 5.91 Å². The fourth-order valence-corrected chi connectivity index (χ4v) is 2.62. The van der Waals surface area contributed by atoms with Crippen molar-refractivity contribution < 1.29 is 9.53 Å². The molecular weight excluding hydrogens is 256 g/mol. The highest BCUT2D eigenvalue weighted by Crippen LogP contribution is 2.26. The summed E-state index contributed by atoms with van der Waals surface area (Å²) in [5, 5.41) is 8.03. The summed E-state index contributed by atoms with van der Waals surface area (Å²) in [5.41, 5.74) is -0.678. The van der Waals surface area contributed by atoms with Crippen LogP contribution in [0, 0.1) is 0 Å². The van der Waals surface area contributed by atoms with Gasteiger partial charge in [-0.15, -0.1) is 10.2 Å². The summed E-state index contributed by atoms with van der Waals surface area (Å²) in [5.74, 6) is 0.852. The summed E-state index contributed by atoms with van der Waals surface area (Å²) in [6, 6.07) is 0. The van der Waals surface area contributed by atoms with Gasteiger partial charge in [0, 0.05) is 20.2 Å². The quantitative estimate of drug-likeness (QED) is 0.822. The largest absolute Gasteiger partial charge is 0.365 e. The second-order valence-electron chi connectivity index (χ2n) is 5.64. The molecule has 2 rings (SSSR count). The molecule has 0 bridgehead atoms. The van der Waals surface area contributed by atoms with Crippen molar-refractivity contribution in [3.8, 4) is 0 Å². The molecule has 1 aliphatic rings. The van der Waals surface area contributed by atoms with Gasteiger partial charge in [0.15, 0.2) is 5.82 Å². The zero-order chi connectivity index (χ0) is 14.6. The Hall–Kier alpha value is -1.43. The molecule has 0 aromatic carbocycles. The number of aromatic nitrogens is 3. The Morgan fingerprint density at radius 1 is 1.55 bits per heavy atom. The van der Waals surface area contributed by atoms with Crippen molar-refractivity contribution in [1.82, 2.24) is 19.7 Å². The fourth-order valence-electron chi connectivity index (χ4n) is 2.62. The third-order valence-electron chi connectivity index (χ3n) is 3.81. The number of likely N-dealkylation sites (N-methyl/N-ethyl adjacent to an activating group) is 1. The minimum absolute atomic E-state index is 0.0308. The molecule has 1 amide bonds. The number of carbonyl (C=O) groups is 1. The smallest absolute Gasteiger partial charge is 0.254 e. The van der Waals surface area contributed by atoms with Crippen LogP contribution in [0.15, 0.2) is 6.33 Å². The van der Waals surface area contributed by atoms with Crippen molar-refractivity contribution in [2.24, 2.45) is 0 Å². The fraction of sp³-hybridized carbons (Fsp3) is 0.786. The Morgan fingerprint density at radius 2 is 2.35 bits per heavy atom. The highest BCUT2D eigenvalue weighted by molar-refractivity contribution is 5.84. The molecule has 1 aromatic heterocycles. The van der Waals surface area contributed by atoms with Crippen LogP contribution in [0.2, 0.25) is 0 Å². The van der Waals surface area contributed by atoms with Gasteiger partial charge in [-0.3, -0.25) is 4.79 Å². The topological polar surface area (TPSA) is 60.2 Å². The summed E-state index contributed by atoms with van der Waals surface area (Å²) in [6.45, 7) is 6.01. The normalized spacial score (nSPS) is 22.8. The molecule has 1 saturated heterocycles. The third kappa shape index (κ3) is 3.17. The molecule has 0 unspecified atom stereocenters. The number of nitrogens with zero attached hydrogens (tertiary/aromatic N) is 4. The van der Waals surface area contributed by atoms with Crippen LogP contribution in [0.1, 0.15) is 45.4 Å². The molecule has 1 aromatic rings. The van der Waals surface area contributed by atoms with E-state index in [-0.39, 0.29) is 5.91 Å². The number of rotatable bonds is 5. The predicted molar refractivity (Wildman–Crippen MR) is 75.0 cm³/mol. The maximum Gasteiger partial charge on any atom is 0.254 e. The first kappa shape index (κ1) is 15.0. The average molecular weight is 280 g/mol. The van der Waals surface area contributed by atoms with E-state index in [0.29, 0.717) is 13.2 Å². The molecule has 1 aliphatic heterocycles. The van der Waals surface area contributed by atoms with Gasteiger partial charge in [0.1, 0.15) is 11.9 Å². The molecule has 0 N–H and O–H groups in total. The number of hydrogen-bond acceptors (Lipinski definition) is 4. The van der Waals surface area contributed by atoms with Crippen molar-refractivity contribution in [3.05, 3.63) is 12.2 Å². The van der Waals surface area contributed by atoms with E-state index < -0.39 is 5.60 Å². The molecule has 0 spiro atoms. The minimum Gasteiger partial charge on any atom is -0.365 e. The number of amides is 1. The SMILES string of the molecule is CCCn1cnnc1CN(C)C(=O)[C@]1(C)CCCCO1. The Bertz CT molecular complexity index is 452. The van der Waals surface area contributed by atoms with Crippen LogP contribution in [0.5, 0.6) is 0 Å². The van der Waals surface area contributed by atoms with Crippen LogP contribution in [-0.4, -0.2) is 44.8 Å². The first-order valence-corrected chi connectivity index (χ1v) is 7.33. The number of ether oxygens (including phenoxy) is 1. The molecule has 20 heavy (non-hydrogen) atoms. The molecule has 1 fully saturated rings. The standard InChI is InChI=1S/C14H24N4O2/c1-4-8-18-11-15-16-12(18)10-17(3)13(19)14(2)7-5-6-9-20-14/h11H,4-10H2,1-3H3/t14-/m0/s1. The molecule has 112 valence electrons. The highest BCUT2D eigenvalue weighted by Gasteiger charge is 2.38. The summed E-state index contributed by atoms with van der Waals surface area (Å²) in [6.07, 6.45) is 5.61. The average Bonchev–Trinajstić information content (AvgIpc) is 2.86. The Balaban J connectivity index is 2.01. The Kier molecular flexibility index (Phi) is 4.75. The Morgan fingerprint density at radius 3 is 3.00 bits per heavy atom. The van der Waals surface area contributed by atoms with Crippen LogP contribution < -0.4 is 0 Å². The van der Waals surface area contributed by atoms with Gasteiger partial charge in [-0.05, 0) is 32.6 Å². The lowest BCUT2D eigenvalue weighted by Gasteiger charge is -2.35. The lowest BCUT2D eigenvalue weighted by molar-refractivity contribution is -0.161. The maximum absolute atomic E-state index is 12.6. The molecule has 0 radical (unpaired) electrons. The van der Waals surface area contributed by atoms with Gasteiger partial charge in [0.2, 0.25) is 0 Å². The number of hydrogen-bond donors (Lipinski definition) is 0. The summed E-state index contributed by atoms with van der Waals surface area (Å²) in [7, 11) is 1.80. The van der Waals surface area contributed by atoms with Crippen molar-refractivity contribution in [2.45, 2.75) is 58.2 Å². The van der Waals surface area contributed by atoms with E-state index in [9.17, 15) is 4.79 Å². The monoisotopic (exact) mass is 280 g/mol. The van der Waals surface area contributed by atoms with Crippen molar-refractivity contribution in [2.75, 3.05) is 13.7 Å². The van der Waals surface area contributed by atoms with E-state index in [4.69, 9.17) is 4.74 Å². The maximum atomic E-state index is 12.6. The summed E-state index contributed by atoms with van der Waals surface area (Å²) < 4.78 is 7.71. The van der Waals surface area contributed by atoms with Gasteiger partial charge in [-0.2, -0.15) is 0 Å². The zero-order valence-corrected chi connectivity index (χ0v) is 12.6. The molecule has 0 saturated carbocycles. The Labute approximate surface area is 120 Å². The zero-order valence-electron chi connectivity index (χ0n) is 12.6. The van der Waals surface area contributed by atoms with Crippen LogP contribution in [-0.2, 0) is 22.6 Å². The third-order valence-corrected chi connectivity index (χ3v) is 3.81. The van der Waals surface area contributed by atoms with Gasteiger partial charge in [-0.25, -0.2) is 0 Å². The number of aryl methyl sites for hydroxylation is 1. The van der Waals surface area contributed by atoms with Crippen LogP contribution in [0.4, 0.5) is 0 Å². The molecule has 6 heteroatoms. The van der Waals surface area contributed by atoms with E-state index in [1.165, 1.54) is 0 Å². The van der Waals surface area contributed by atoms with Gasteiger partial charge >= 0.3 is 0 Å². The van der Waals surface area contributed by atoms with Crippen LogP contribution in [0.25, 0.3) is 0 Å². The van der Waals surface area contributed by atoms with E-state index in [0.717, 1.165) is 38.1 Å². The van der Waals surface area contributed by atoms with Gasteiger partial charge < -0.3 is 14.2 Å². The van der Waals surface area contributed by atoms with Crippen molar-refractivity contribution in [1.29, 1.82) is 0 Å². The summed E-state index contributed by atoms with van der Waals surface area (Å²) >= 11 is 0. The van der Waals surface area contributed by atoms with Crippen molar-refractivity contribution in [3.63, 3.8) is 0 Å². The van der Waals surface area contributed by atoms with Gasteiger partial charge in [-0.1, -0.05) is 6.92 Å². The van der Waals surface area contributed by atoms with E-state index in [1.807, 2.05) is 11.5 Å². The van der Waals surface area contributed by atoms with Crippen LogP contribution in [0.3, 0.4) is 0 Å². The van der Waals surface area contributed by atoms with E-state index in [2.05, 4.69) is 17.1 Å². The van der Waals surface area contributed by atoms with Crippen LogP contribution >= 0.6 is 0 Å². The molecule has 0 aliphatic carbocycles. The van der Waals surface area contributed by atoms with Gasteiger partial charge in [0.05, 0.1) is 6.54 Å². The minimum atomic E-state index is -0.678. The molecule has 1 atom stereocenters. The van der Waals surface area contributed by atoms with E-state index >= 15 is 0 Å².